The summed E-state index contributed by atoms with van der Waals surface area (Å²) >= 11 is 1.89. The number of hydrogen-bond donors (Lipinski definition) is 0. The van der Waals surface area contributed by atoms with Crippen LogP contribution in [0.15, 0.2) is 146 Å². The lowest BCUT2D eigenvalue weighted by molar-refractivity contribution is 0.768. The molecule has 0 spiro atoms. The summed E-state index contributed by atoms with van der Waals surface area (Å²) in [6.07, 6.45) is 0. The number of thiophene rings is 1. The summed E-state index contributed by atoms with van der Waals surface area (Å²) in [6.45, 7) is 0. The maximum absolute atomic E-state index is 2.35. The van der Waals surface area contributed by atoms with Gasteiger partial charge in [-0.15, -0.1) is 11.3 Å². The molecule has 0 radical (unpaired) electrons. The molecule has 1 heterocycles. The molecular weight excluding hydrogens is 476 g/mol. The summed E-state index contributed by atoms with van der Waals surface area (Å²) in [5.74, 6) is 0. The van der Waals surface area contributed by atoms with Crippen molar-refractivity contribution in [2.24, 2.45) is 0 Å². The fourth-order valence-corrected chi connectivity index (χ4v) is 7.82. The molecule has 7 aromatic rings. The van der Waals surface area contributed by atoms with Crippen molar-refractivity contribution in [2.45, 2.75) is 5.41 Å². The van der Waals surface area contributed by atoms with Crippen molar-refractivity contribution in [3.05, 3.63) is 168 Å². The standard InChI is InChI=1S/C37H24S/c1-2-11-26(12-3-1)37(33-18-7-4-13-29(33)30-14-5-8-19-34(30)37)27-23-21-25(22-24-27)28-16-10-17-32-31-15-6-9-20-35(31)38-36(28)32/h1-24H. The SMILES string of the molecule is c1ccc(C2(c3ccc(-c4cccc5c4sc4ccccc45)cc3)c3ccccc3-c3ccccc32)cc1. The van der Waals surface area contributed by atoms with Crippen molar-refractivity contribution in [3.8, 4) is 22.3 Å². The second-order valence-electron chi connectivity index (χ2n) is 10.1. The minimum absolute atomic E-state index is 0.351. The van der Waals surface area contributed by atoms with E-state index >= 15 is 0 Å². The molecule has 0 atom stereocenters. The zero-order valence-corrected chi connectivity index (χ0v) is 21.6. The number of rotatable bonds is 3. The first-order chi connectivity index (χ1) is 18.9. The van der Waals surface area contributed by atoms with Crippen LogP contribution in [0.3, 0.4) is 0 Å². The Kier molecular flexibility index (Phi) is 4.71. The van der Waals surface area contributed by atoms with Crippen LogP contribution in [0.4, 0.5) is 0 Å². The molecule has 0 bridgehead atoms. The topological polar surface area (TPSA) is 0 Å². The molecule has 1 aliphatic rings. The lowest BCUT2D eigenvalue weighted by atomic mass is 9.67. The third-order valence-electron chi connectivity index (χ3n) is 8.19. The number of hydrogen-bond acceptors (Lipinski definition) is 1. The number of fused-ring (bicyclic) bond motifs is 6. The average molecular weight is 501 g/mol. The molecule has 0 saturated heterocycles. The molecule has 1 aromatic heterocycles. The average Bonchev–Trinajstić information content (AvgIpc) is 3.52. The first kappa shape index (κ1) is 21.6. The molecule has 8 rings (SSSR count). The molecule has 0 unspecified atom stereocenters. The van der Waals surface area contributed by atoms with E-state index in [1.807, 2.05) is 11.3 Å². The van der Waals surface area contributed by atoms with Crippen molar-refractivity contribution >= 4 is 31.5 Å². The van der Waals surface area contributed by atoms with Crippen molar-refractivity contribution in [1.29, 1.82) is 0 Å². The Bertz CT molecular complexity index is 1910. The Labute approximate surface area is 226 Å². The lowest BCUT2D eigenvalue weighted by Gasteiger charge is -2.34. The molecule has 0 aliphatic heterocycles. The van der Waals surface area contributed by atoms with Crippen molar-refractivity contribution in [3.63, 3.8) is 0 Å². The van der Waals surface area contributed by atoms with Gasteiger partial charge in [0.2, 0.25) is 0 Å². The Hall–Kier alpha value is -4.46. The zero-order chi connectivity index (χ0) is 25.1. The minimum atomic E-state index is -0.351. The van der Waals surface area contributed by atoms with Gasteiger partial charge in [0.25, 0.3) is 0 Å². The van der Waals surface area contributed by atoms with E-state index < -0.39 is 0 Å². The van der Waals surface area contributed by atoms with E-state index in [4.69, 9.17) is 0 Å². The van der Waals surface area contributed by atoms with Gasteiger partial charge in [-0.2, -0.15) is 0 Å². The molecule has 6 aromatic carbocycles. The highest BCUT2D eigenvalue weighted by Gasteiger charge is 2.45. The predicted octanol–water partition coefficient (Wildman–Crippen LogP) is 10.1. The Morgan fingerprint density at radius 1 is 0.395 bits per heavy atom. The van der Waals surface area contributed by atoms with Crippen molar-refractivity contribution in [2.75, 3.05) is 0 Å². The second kappa shape index (κ2) is 8.28. The van der Waals surface area contributed by atoms with Crippen molar-refractivity contribution < 1.29 is 0 Å². The van der Waals surface area contributed by atoms with Gasteiger partial charge in [-0.25, -0.2) is 0 Å². The molecule has 178 valence electrons. The first-order valence-corrected chi connectivity index (χ1v) is 13.9. The van der Waals surface area contributed by atoms with Gasteiger partial charge in [-0.05, 0) is 50.6 Å². The minimum Gasteiger partial charge on any atom is -0.135 e. The Balaban J connectivity index is 1.37. The monoisotopic (exact) mass is 500 g/mol. The highest BCUT2D eigenvalue weighted by Crippen LogP contribution is 2.56. The third-order valence-corrected chi connectivity index (χ3v) is 9.41. The maximum Gasteiger partial charge on any atom is 0.0713 e. The summed E-state index contributed by atoms with van der Waals surface area (Å²) in [6, 6.07) is 53.6. The van der Waals surface area contributed by atoms with E-state index in [2.05, 4.69) is 146 Å². The lowest BCUT2D eigenvalue weighted by Crippen LogP contribution is -2.28. The zero-order valence-electron chi connectivity index (χ0n) is 20.8. The fourth-order valence-electron chi connectivity index (χ4n) is 6.59. The van der Waals surface area contributed by atoms with E-state index in [9.17, 15) is 0 Å². The van der Waals surface area contributed by atoms with Gasteiger partial charge in [-0.3, -0.25) is 0 Å². The Morgan fingerprint density at radius 2 is 0.947 bits per heavy atom. The normalized spacial score (nSPS) is 13.5. The van der Waals surface area contributed by atoms with E-state index in [1.165, 1.54) is 64.7 Å². The third kappa shape index (κ3) is 2.91. The molecule has 0 nitrogen and oxygen atoms in total. The van der Waals surface area contributed by atoms with Gasteiger partial charge in [0.1, 0.15) is 0 Å². The van der Waals surface area contributed by atoms with Crippen LogP contribution >= 0.6 is 11.3 Å². The molecular formula is C37H24S. The number of benzene rings is 6. The van der Waals surface area contributed by atoms with Gasteiger partial charge in [-0.1, -0.05) is 140 Å². The molecule has 0 fully saturated rings. The van der Waals surface area contributed by atoms with Crippen LogP contribution in [0.5, 0.6) is 0 Å². The van der Waals surface area contributed by atoms with Gasteiger partial charge in [0.15, 0.2) is 0 Å². The van der Waals surface area contributed by atoms with Gasteiger partial charge < -0.3 is 0 Å². The highest BCUT2D eigenvalue weighted by atomic mass is 32.1. The van der Waals surface area contributed by atoms with Crippen LogP contribution < -0.4 is 0 Å². The smallest absolute Gasteiger partial charge is 0.0713 e. The van der Waals surface area contributed by atoms with Gasteiger partial charge in [0, 0.05) is 20.2 Å². The van der Waals surface area contributed by atoms with Crippen LogP contribution in [-0.4, -0.2) is 0 Å². The van der Waals surface area contributed by atoms with E-state index in [0.717, 1.165) is 0 Å². The Morgan fingerprint density at radius 3 is 1.68 bits per heavy atom. The van der Waals surface area contributed by atoms with Crippen LogP contribution in [-0.2, 0) is 5.41 Å². The summed E-state index contributed by atoms with van der Waals surface area (Å²) in [4.78, 5) is 0. The van der Waals surface area contributed by atoms with Crippen LogP contribution in [0.1, 0.15) is 22.3 Å². The van der Waals surface area contributed by atoms with Crippen LogP contribution in [0, 0.1) is 0 Å². The molecule has 0 amide bonds. The van der Waals surface area contributed by atoms with E-state index in [0.29, 0.717) is 0 Å². The van der Waals surface area contributed by atoms with E-state index in [1.54, 1.807) is 0 Å². The largest absolute Gasteiger partial charge is 0.135 e. The predicted molar refractivity (Wildman–Crippen MR) is 162 cm³/mol. The second-order valence-corrected chi connectivity index (χ2v) is 11.1. The van der Waals surface area contributed by atoms with Crippen LogP contribution in [0.2, 0.25) is 0 Å². The fraction of sp³-hybridized carbons (Fsp3) is 0.0270. The van der Waals surface area contributed by atoms with Crippen molar-refractivity contribution in [1.82, 2.24) is 0 Å². The van der Waals surface area contributed by atoms with Gasteiger partial charge >= 0.3 is 0 Å². The first-order valence-electron chi connectivity index (χ1n) is 13.1. The summed E-state index contributed by atoms with van der Waals surface area (Å²) in [7, 11) is 0. The van der Waals surface area contributed by atoms with E-state index in [-0.39, 0.29) is 5.41 Å². The quantitative estimate of drug-likeness (QED) is 0.226. The molecule has 0 saturated carbocycles. The molecule has 38 heavy (non-hydrogen) atoms. The summed E-state index contributed by atoms with van der Waals surface area (Å²) < 4.78 is 2.70. The summed E-state index contributed by atoms with van der Waals surface area (Å²) in [5, 5.41) is 2.68. The molecule has 1 aliphatic carbocycles. The van der Waals surface area contributed by atoms with Crippen LogP contribution in [0.25, 0.3) is 42.4 Å². The highest BCUT2D eigenvalue weighted by molar-refractivity contribution is 7.26. The maximum atomic E-state index is 2.35. The molecule has 0 N–H and O–H groups in total. The summed E-state index contributed by atoms with van der Waals surface area (Å²) in [5.41, 5.74) is 10.2. The van der Waals surface area contributed by atoms with Gasteiger partial charge in [0.05, 0.1) is 5.41 Å². The molecule has 1 heteroatoms.